The zero-order valence-corrected chi connectivity index (χ0v) is 13.8. The lowest BCUT2D eigenvalue weighted by molar-refractivity contribution is 0.0636. The summed E-state index contributed by atoms with van der Waals surface area (Å²) < 4.78 is 5.26. The monoisotopic (exact) mass is 306 g/mol. The highest BCUT2D eigenvalue weighted by Gasteiger charge is 2.23. The number of hydrogen-bond acceptors (Lipinski definition) is 4. The smallest absolute Gasteiger partial charge is 0.412 e. The van der Waals surface area contributed by atoms with E-state index in [0.29, 0.717) is 6.54 Å². The molecule has 1 aromatic rings. The Labute approximate surface area is 132 Å². The average molecular weight is 306 g/mol. The molecule has 0 aliphatic heterocycles. The number of amides is 1. The van der Waals surface area contributed by atoms with E-state index in [2.05, 4.69) is 10.6 Å². The van der Waals surface area contributed by atoms with E-state index in [-0.39, 0.29) is 12.1 Å². The lowest BCUT2D eigenvalue weighted by Gasteiger charge is -2.20. The standard InChI is InChI=1S/C17H26N2O3/c1-11(20)10-18-15-8-5-12-9-13(6-7-14(12)15)19-16(21)22-17(2,3)4/h6-7,9,11,15,18,20H,5,8,10H2,1-4H3,(H,19,21). The van der Waals surface area contributed by atoms with Gasteiger partial charge in [0, 0.05) is 18.3 Å². The van der Waals surface area contributed by atoms with E-state index in [0.717, 1.165) is 18.5 Å². The Hall–Kier alpha value is -1.59. The normalized spacial score (nSPS) is 18.7. The first-order valence-corrected chi connectivity index (χ1v) is 7.79. The molecular weight excluding hydrogens is 280 g/mol. The first-order chi connectivity index (χ1) is 10.2. The average Bonchev–Trinajstić information content (AvgIpc) is 2.76. The Morgan fingerprint density at radius 1 is 1.45 bits per heavy atom. The highest BCUT2D eigenvalue weighted by atomic mass is 16.6. The Balaban J connectivity index is 1.99. The summed E-state index contributed by atoms with van der Waals surface area (Å²) in [7, 11) is 0. The molecule has 0 saturated heterocycles. The zero-order chi connectivity index (χ0) is 16.3. The van der Waals surface area contributed by atoms with Gasteiger partial charge in [0.05, 0.1) is 6.10 Å². The van der Waals surface area contributed by atoms with Crippen LogP contribution < -0.4 is 10.6 Å². The molecule has 122 valence electrons. The molecule has 0 bridgehead atoms. The van der Waals surface area contributed by atoms with Crippen molar-refractivity contribution >= 4 is 11.8 Å². The summed E-state index contributed by atoms with van der Waals surface area (Å²) in [5.41, 5.74) is 2.73. The molecule has 0 heterocycles. The number of hydrogen-bond donors (Lipinski definition) is 3. The summed E-state index contributed by atoms with van der Waals surface area (Å²) in [6.45, 7) is 7.88. The zero-order valence-electron chi connectivity index (χ0n) is 13.8. The molecule has 5 heteroatoms. The molecular formula is C17H26N2O3. The van der Waals surface area contributed by atoms with Crippen LogP contribution >= 0.6 is 0 Å². The summed E-state index contributed by atoms with van der Waals surface area (Å²) in [4.78, 5) is 11.8. The van der Waals surface area contributed by atoms with Gasteiger partial charge in [-0.1, -0.05) is 6.07 Å². The molecule has 22 heavy (non-hydrogen) atoms. The van der Waals surface area contributed by atoms with Crippen LogP contribution in [-0.4, -0.2) is 29.4 Å². The van der Waals surface area contributed by atoms with Gasteiger partial charge in [-0.3, -0.25) is 5.32 Å². The van der Waals surface area contributed by atoms with E-state index < -0.39 is 11.7 Å². The van der Waals surface area contributed by atoms with Crippen LogP contribution in [0.2, 0.25) is 0 Å². The molecule has 2 rings (SSSR count). The van der Waals surface area contributed by atoms with E-state index in [1.54, 1.807) is 6.92 Å². The fraction of sp³-hybridized carbons (Fsp3) is 0.588. The van der Waals surface area contributed by atoms with Gasteiger partial charge in [0.2, 0.25) is 0 Å². The SMILES string of the molecule is CC(O)CNC1CCc2cc(NC(=O)OC(C)(C)C)ccc21. The number of fused-ring (bicyclic) bond motifs is 1. The number of aliphatic hydroxyl groups excluding tert-OH is 1. The van der Waals surface area contributed by atoms with Crippen LogP contribution in [0.3, 0.4) is 0 Å². The second kappa shape index (κ2) is 6.67. The summed E-state index contributed by atoms with van der Waals surface area (Å²) >= 11 is 0. The van der Waals surface area contributed by atoms with Crippen molar-refractivity contribution in [1.82, 2.24) is 5.32 Å². The van der Waals surface area contributed by atoms with Gasteiger partial charge in [-0.25, -0.2) is 4.79 Å². The molecule has 5 nitrogen and oxygen atoms in total. The van der Waals surface area contributed by atoms with Crippen molar-refractivity contribution in [2.45, 2.75) is 58.3 Å². The molecule has 1 aromatic carbocycles. The fourth-order valence-corrected chi connectivity index (χ4v) is 2.64. The summed E-state index contributed by atoms with van der Waals surface area (Å²) in [6.07, 6.45) is 1.19. The maximum Gasteiger partial charge on any atom is 0.412 e. The second-order valence-corrected chi connectivity index (χ2v) is 6.89. The molecule has 0 fully saturated rings. The van der Waals surface area contributed by atoms with Crippen molar-refractivity contribution < 1.29 is 14.6 Å². The molecule has 0 spiro atoms. The van der Waals surface area contributed by atoms with Gasteiger partial charge in [-0.05, 0) is 63.8 Å². The van der Waals surface area contributed by atoms with Gasteiger partial charge in [0.15, 0.2) is 0 Å². The molecule has 0 saturated carbocycles. The number of rotatable bonds is 4. The first kappa shape index (κ1) is 16.8. The Bertz CT molecular complexity index is 535. The summed E-state index contributed by atoms with van der Waals surface area (Å²) in [5, 5.41) is 15.5. The van der Waals surface area contributed by atoms with Gasteiger partial charge in [0.25, 0.3) is 0 Å². The molecule has 0 radical (unpaired) electrons. The molecule has 2 unspecified atom stereocenters. The highest BCUT2D eigenvalue weighted by molar-refractivity contribution is 5.85. The van der Waals surface area contributed by atoms with Crippen molar-refractivity contribution in [2.24, 2.45) is 0 Å². The van der Waals surface area contributed by atoms with Gasteiger partial charge >= 0.3 is 6.09 Å². The van der Waals surface area contributed by atoms with Crippen molar-refractivity contribution in [2.75, 3.05) is 11.9 Å². The Morgan fingerprint density at radius 2 is 2.18 bits per heavy atom. The van der Waals surface area contributed by atoms with Gasteiger partial charge in [-0.2, -0.15) is 0 Å². The number of aliphatic hydroxyl groups is 1. The molecule has 2 atom stereocenters. The van der Waals surface area contributed by atoms with Crippen molar-refractivity contribution in [3.8, 4) is 0 Å². The van der Waals surface area contributed by atoms with Gasteiger partial charge in [0.1, 0.15) is 5.60 Å². The second-order valence-electron chi connectivity index (χ2n) is 6.89. The van der Waals surface area contributed by atoms with Crippen LogP contribution in [0, 0.1) is 0 Å². The third-order valence-electron chi connectivity index (χ3n) is 3.53. The third-order valence-corrected chi connectivity index (χ3v) is 3.53. The summed E-state index contributed by atoms with van der Waals surface area (Å²) in [6, 6.07) is 6.21. The van der Waals surface area contributed by atoms with Crippen LogP contribution in [0.15, 0.2) is 18.2 Å². The van der Waals surface area contributed by atoms with Crippen molar-refractivity contribution in [3.05, 3.63) is 29.3 Å². The maximum absolute atomic E-state index is 11.8. The van der Waals surface area contributed by atoms with Gasteiger partial charge in [-0.15, -0.1) is 0 Å². The number of aryl methyl sites for hydroxylation is 1. The number of ether oxygens (including phenoxy) is 1. The molecule has 3 N–H and O–H groups in total. The minimum absolute atomic E-state index is 0.278. The Morgan fingerprint density at radius 3 is 2.82 bits per heavy atom. The molecule has 0 aromatic heterocycles. The molecule has 1 amide bonds. The number of carbonyl (C=O) groups excluding carboxylic acids is 1. The van der Waals surface area contributed by atoms with Crippen LogP contribution in [0.1, 0.15) is 51.3 Å². The van der Waals surface area contributed by atoms with Crippen molar-refractivity contribution in [1.29, 1.82) is 0 Å². The minimum atomic E-state index is -0.503. The molecule has 1 aliphatic rings. The topological polar surface area (TPSA) is 70.6 Å². The first-order valence-electron chi connectivity index (χ1n) is 7.79. The number of anilines is 1. The van der Waals surface area contributed by atoms with E-state index in [9.17, 15) is 9.90 Å². The Kier molecular flexibility index (Phi) is 5.08. The van der Waals surface area contributed by atoms with E-state index in [1.165, 1.54) is 11.1 Å². The highest BCUT2D eigenvalue weighted by Crippen LogP contribution is 2.33. The van der Waals surface area contributed by atoms with Crippen molar-refractivity contribution in [3.63, 3.8) is 0 Å². The van der Waals surface area contributed by atoms with E-state index in [4.69, 9.17) is 4.74 Å². The molecule has 1 aliphatic carbocycles. The van der Waals surface area contributed by atoms with E-state index in [1.807, 2.05) is 39.0 Å². The lowest BCUT2D eigenvalue weighted by atomic mass is 10.1. The predicted octanol–water partition coefficient (Wildman–Crippen LogP) is 2.99. The summed E-state index contributed by atoms with van der Waals surface area (Å²) in [5.74, 6) is 0. The van der Waals surface area contributed by atoms with Gasteiger partial charge < -0.3 is 15.2 Å². The fourth-order valence-electron chi connectivity index (χ4n) is 2.64. The number of benzene rings is 1. The minimum Gasteiger partial charge on any atom is -0.444 e. The lowest BCUT2D eigenvalue weighted by Crippen LogP contribution is -2.27. The predicted molar refractivity (Wildman–Crippen MR) is 87.0 cm³/mol. The number of carbonyl (C=O) groups is 1. The van der Waals surface area contributed by atoms with Crippen LogP contribution in [0.5, 0.6) is 0 Å². The third kappa shape index (κ3) is 4.71. The maximum atomic E-state index is 11.8. The van der Waals surface area contributed by atoms with Crippen LogP contribution in [0.25, 0.3) is 0 Å². The van der Waals surface area contributed by atoms with Crippen LogP contribution in [-0.2, 0) is 11.2 Å². The largest absolute Gasteiger partial charge is 0.444 e. The quantitative estimate of drug-likeness (QED) is 0.800. The number of nitrogens with one attached hydrogen (secondary N) is 2. The van der Waals surface area contributed by atoms with Crippen LogP contribution in [0.4, 0.5) is 10.5 Å². The van der Waals surface area contributed by atoms with E-state index >= 15 is 0 Å².